The normalized spacial score (nSPS) is 44.3. The van der Waals surface area contributed by atoms with Crippen molar-refractivity contribution in [1.82, 2.24) is 4.90 Å². The predicted octanol–water partition coefficient (Wildman–Crippen LogP) is 7.05. The standard InChI is InChI=1S/C40H65NO7/c1-23(2)25(5)35(7)16-17-37(9)27-14-15-30-36(8)20-46-22-40(30,28(27)18-31(43)39(37,11)32(35)34(44)45)19-29(48-26(6)42)33(36)47-21-38(10,24(3)4)41(12)13/h18,23-25,27,29-30,32-33H,14-17,19-22H2,1-13H3,(H,44,45)/t25-,27+,29-,30+,32-,33+,35-,36?,37-,38-,39+,40+/m1/s1. The molecule has 8 heteroatoms. The summed E-state index contributed by atoms with van der Waals surface area (Å²) in [6, 6.07) is 0. The van der Waals surface area contributed by atoms with E-state index in [0.717, 1.165) is 31.3 Å². The summed E-state index contributed by atoms with van der Waals surface area (Å²) in [6.07, 6.45) is 4.93. The Balaban J connectivity index is 1.61. The number of ketones is 1. The second-order valence-corrected chi connectivity index (χ2v) is 18.7. The number of esters is 1. The lowest BCUT2D eigenvalue weighted by Crippen LogP contribution is -2.71. The van der Waals surface area contributed by atoms with Crippen LogP contribution in [0.15, 0.2) is 11.6 Å². The Bertz CT molecular complexity index is 1330. The summed E-state index contributed by atoms with van der Waals surface area (Å²) in [6.45, 7) is 24.6. The molecule has 48 heavy (non-hydrogen) atoms. The molecule has 272 valence electrons. The van der Waals surface area contributed by atoms with Crippen LogP contribution < -0.4 is 0 Å². The van der Waals surface area contributed by atoms with E-state index in [9.17, 15) is 19.5 Å². The maximum absolute atomic E-state index is 14.9. The van der Waals surface area contributed by atoms with Gasteiger partial charge < -0.3 is 24.2 Å². The quantitative estimate of drug-likeness (QED) is 0.260. The molecule has 2 bridgehead atoms. The third-order valence-electron chi connectivity index (χ3n) is 16.1. The van der Waals surface area contributed by atoms with Gasteiger partial charge in [-0.15, -0.1) is 0 Å². The van der Waals surface area contributed by atoms with Crippen LogP contribution in [0.5, 0.6) is 0 Å². The molecule has 0 aromatic carbocycles. The second-order valence-electron chi connectivity index (χ2n) is 18.7. The molecule has 4 fully saturated rings. The first-order chi connectivity index (χ1) is 22.1. The highest BCUT2D eigenvalue weighted by atomic mass is 16.6. The van der Waals surface area contributed by atoms with Gasteiger partial charge in [-0.25, -0.2) is 0 Å². The lowest BCUT2D eigenvalue weighted by atomic mass is 9.34. The van der Waals surface area contributed by atoms with Gasteiger partial charge in [0.1, 0.15) is 12.2 Å². The lowest BCUT2D eigenvalue weighted by molar-refractivity contribution is -0.270. The van der Waals surface area contributed by atoms with Gasteiger partial charge in [0, 0.05) is 28.7 Å². The van der Waals surface area contributed by atoms with Crippen molar-refractivity contribution < 1.29 is 33.7 Å². The maximum atomic E-state index is 14.9. The molecule has 0 amide bonds. The number of aliphatic carboxylic acids is 1. The van der Waals surface area contributed by atoms with Crippen LogP contribution in [-0.4, -0.2) is 79.4 Å². The van der Waals surface area contributed by atoms with Gasteiger partial charge in [0.15, 0.2) is 5.78 Å². The minimum atomic E-state index is -1.05. The van der Waals surface area contributed by atoms with Crippen LogP contribution in [0.25, 0.3) is 0 Å². The van der Waals surface area contributed by atoms with Crippen LogP contribution in [0, 0.1) is 62.6 Å². The molecule has 4 aliphatic carbocycles. The first-order valence-corrected chi connectivity index (χ1v) is 18.6. The van der Waals surface area contributed by atoms with Crippen LogP contribution >= 0.6 is 0 Å². The number of carbonyl (C=O) groups excluding carboxylic acids is 2. The molecule has 1 heterocycles. The molecule has 1 unspecified atom stereocenters. The average Bonchev–Trinajstić information content (AvgIpc) is 2.97. The van der Waals surface area contributed by atoms with Gasteiger partial charge in [-0.05, 0) is 99.6 Å². The molecule has 1 N–H and O–H groups in total. The molecule has 5 aliphatic rings. The largest absolute Gasteiger partial charge is 0.481 e. The van der Waals surface area contributed by atoms with Gasteiger partial charge in [-0.2, -0.15) is 0 Å². The average molecular weight is 672 g/mol. The summed E-state index contributed by atoms with van der Waals surface area (Å²) in [5.74, 6) is -1.06. The van der Waals surface area contributed by atoms with E-state index in [0.29, 0.717) is 38.1 Å². The molecule has 8 nitrogen and oxygen atoms in total. The van der Waals surface area contributed by atoms with Gasteiger partial charge in [-0.1, -0.05) is 67.9 Å². The number of rotatable bonds is 9. The Morgan fingerprint density at radius 1 is 1.06 bits per heavy atom. The minimum Gasteiger partial charge on any atom is -0.481 e. The third kappa shape index (κ3) is 5.03. The van der Waals surface area contributed by atoms with E-state index in [1.807, 2.05) is 13.0 Å². The number of nitrogens with zero attached hydrogens (tertiary/aromatic N) is 1. The number of carboxylic acid groups (broad SMARTS) is 1. The molecule has 3 saturated carbocycles. The van der Waals surface area contributed by atoms with Crippen LogP contribution in [0.4, 0.5) is 0 Å². The van der Waals surface area contributed by atoms with E-state index < -0.39 is 45.1 Å². The number of ether oxygens (including phenoxy) is 3. The summed E-state index contributed by atoms with van der Waals surface area (Å²) < 4.78 is 19.7. The summed E-state index contributed by atoms with van der Waals surface area (Å²) in [5.41, 5.74) is -2.15. The number of allylic oxidation sites excluding steroid dienone is 1. The number of likely N-dealkylation sites (N-methyl/N-ethyl adjacent to an activating group) is 1. The molecule has 5 rings (SSSR count). The van der Waals surface area contributed by atoms with Crippen LogP contribution in [0.3, 0.4) is 0 Å². The van der Waals surface area contributed by atoms with Crippen molar-refractivity contribution in [2.45, 2.75) is 126 Å². The molecule has 0 aromatic rings. The Morgan fingerprint density at radius 3 is 2.25 bits per heavy atom. The maximum Gasteiger partial charge on any atom is 0.308 e. The number of carboxylic acids is 1. The van der Waals surface area contributed by atoms with Gasteiger partial charge in [0.25, 0.3) is 0 Å². The van der Waals surface area contributed by atoms with Crippen molar-refractivity contribution in [1.29, 1.82) is 0 Å². The summed E-state index contributed by atoms with van der Waals surface area (Å²) in [5, 5.41) is 11.0. The Kier molecular flexibility index (Phi) is 9.51. The fourth-order valence-electron chi connectivity index (χ4n) is 12.0. The minimum absolute atomic E-state index is 0.0385. The van der Waals surface area contributed by atoms with E-state index in [4.69, 9.17) is 14.2 Å². The Hall–Kier alpha value is -1.77. The molecular weight excluding hydrogens is 606 g/mol. The van der Waals surface area contributed by atoms with Crippen molar-refractivity contribution in [3.05, 3.63) is 11.6 Å². The zero-order valence-electron chi connectivity index (χ0n) is 32.2. The van der Waals surface area contributed by atoms with Crippen molar-refractivity contribution in [3.63, 3.8) is 0 Å². The molecule has 1 saturated heterocycles. The van der Waals surface area contributed by atoms with Crippen molar-refractivity contribution in [2.24, 2.45) is 62.6 Å². The third-order valence-corrected chi connectivity index (χ3v) is 16.1. The topological polar surface area (TPSA) is 102 Å². The van der Waals surface area contributed by atoms with Gasteiger partial charge >= 0.3 is 11.9 Å². The summed E-state index contributed by atoms with van der Waals surface area (Å²) >= 11 is 0. The number of hydrogen-bond donors (Lipinski definition) is 1. The fraction of sp³-hybridized carbons (Fsp3) is 0.875. The van der Waals surface area contributed by atoms with E-state index in [2.05, 4.69) is 81.3 Å². The van der Waals surface area contributed by atoms with E-state index in [-0.39, 0.29) is 41.1 Å². The lowest BCUT2D eigenvalue weighted by Gasteiger charge is -2.70. The van der Waals surface area contributed by atoms with Gasteiger partial charge in [0.05, 0.1) is 25.7 Å². The van der Waals surface area contributed by atoms with E-state index in [1.165, 1.54) is 6.92 Å². The van der Waals surface area contributed by atoms with Crippen LogP contribution in [-0.2, 0) is 28.6 Å². The molecule has 0 aromatic heterocycles. The van der Waals surface area contributed by atoms with E-state index >= 15 is 0 Å². The monoisotopic (exact) mass is 671 g/mol. The highest BCUT2D eigenvalue weighted by Crippen LogP contribution is 2.74. The van der Waals surface area contributed by atoms with Crippen LogP contribution in [0.2, 0.25) is 0 Å². The number of hydrogen-bond acceptors (Lipinski definition) is 7. The molecule has 1 aliphatic heterocycles. The van der Waals surface area contributed by atoms with Gasteiger partial charge in [0.2, 0.25) is 0 Å². The molecule has 12 atom stereocenters. The first kappa shape index (κ1) is 37.5. The number of fused-ring (bicyclic) bond motifs is 3. The van der Waals surface area contributed by atoms with Gasteiger partial charge in [-0.3, -0.25) is 14.4 Å². The smallest absolute Gasteiger partial charge is 0.308 e. The predicted molar refractivity (Wildman–Crippen MR) is 186 cm³/mol. The molecule has 0 radical (unpaired) electrons. The summed E-state index contributed by atoms with van der Waals surface area (Å²) in [4.78, 5) is 43.2. The SMILES string of the molecule is CC(=O)O[C@@H]1C[C@@]23COCC(C)([C@H]1OC[C@](C)(C(C)C)N(C)C)[C@@H]2CC[C@H]1C3=CC(=O)[C@@]2(C)[C@H](C(=O)O)[C@@](C)([C@H](C)C(C)C)CC[C@]12C. The zero-order chi connectivity index (χ0) is 36.0. The Morgan fingerprint density at radius 2 is 1.71 bits per heavy atom. The van der Waals surface area contributed by atoms with E-state index in [1.54, 1.807) is 0 Å². The van der Waals surface area contributed by atoms with Crippen molar-refractivity contribution in [3.8, 4) is 0 Å². The zero-order valence-corrected chi connectivity index (χ0v) is 32.2. The van der Waals surface area contributed by atoms with Crippen molar-refractivity contribution >= 4 is 17.7 Å². The summed E-state index contributed by atoms with van der Waals surface area (Å²) in [7, 11) is 4.16. The number of carbonyl (C=O) groups is 3. The van der Waals surface area contributed by atoms with Crippen molar-refractivity contribution in [2.75, 3.05) is 33.9 Å². The second kappa shape index (κ2) is 12.2. The molecular formula is C40H65NO7. The highest BCUT2D eigenvalue weighted by molar-refractivity contribution is 6.00. The van der Waals surface area contributed by atoms with Crippen LogP contribution in [0.1, 0.15) is 108 Å². The highest BCUT2D eigenvalue weighted by Gasteiger charge is 2.74. The fourth-order valence-corrected chi connectivity index (χ4v) is 12.0. The first-order valence-electron chi connectivity index (χ1n) is 18.6. The molecule has 0 spiro atoms. The Labute approximate surface area is 290 Å².